The van der Waals surface area contributed by atoms with E-state index in [9.17, 15) is 23.1 Å². The van der Waals surface area contributed by atoms with Gasteiger partial charge in [-0.15, -0.1) is 0 Å². The molecule has 3 atom stereocenters. The molecule has 2 bridgehead atoms. The molecule has 5 rings (SSSR count). The summed E-state index contributed by atoms with van der Waals surface area (Å²) in [5.41, 5.74) is 1.17. The van der Waals surface area contributed by atoms with Gasteiger partial charge in [-0.1, -0.05) is 29.8 Å². The zero-order chi connectivity index (χ0) is 24.9. The van der Waals surface area contributed by atoms with Crippen molar-refractivity contribution in [2.45, 2.75) is 88.7 Å². The minimum atomic E-state index is -4.13. The second-order valence-corrected chi connectivity index (χ2v) is 10.9. The van der Waals surface area contributed by atoms with Crippen LogP contribution in [-0.2, 0) is 4.79 Å². The molecule has 0 spiro atoms. The third-order valence-electron chi connectivity index (χ3n) is 8.44. The Hall–Kier alpha value is -1.99. The van der Waals surface area contributed by atoms with Gasteiger partial charge in [0.05, 0.1) is 23.0 Å². The number of fused-ring (bicyclic) bond motifs is 3. The van der Waals surface area contributed by atoms with Crippen LogP contribution >= 0.6 is 11.6 Å². The van der Waals surface area contributed by atoms with Crippen molar-refractivity contribution in [2.24, 2.45) is 11.8 Å². The molecule has 190 valence electrons. The van der Waals surface area contributed by atoms with Crippen LogP contribution in [0, 0.1) is 11.8 Å². The van der Waals surface area contributed by atoms with Crippen molar-refractivity contribution in [3.05, 3.63) is 40.9 Å². The lowest BCUT2D eigenvalue weighted by molar-refractivity contribution is -0.185. The number of carbonyl (C=O) groups is 1. The number of hydrogen-bond acceptors (Lipinski definition) is 3. The van der Waals surface area contributed by atoms with Crippen molar-refractivity contribution in [1.82, 2.24) is 4.90 Å². The number of hydrogen-bond donors (Lipinski definition) is 1. The average Bonchev–Trinajstić information content (AvgIpc) is 3.08. The SMILES string of the molecule is CC(c1ccc2c(Cl)c(O[C@H]3CC[C@@H](C(F)(F)F)CC3)ccc2c1)N1C2CCC1CC(C(=O)O)C2. The number of alkyl halides is 3. The Balaban J connectivity index is 1.29. The van der Waals surface area contributed by atoms with Gasteiger partial charge >= 0.3 is 12.1 Å². The lowest BCUT2D eigenvalue weighted by Crippen LogP contribution is -2.45. The minimum Gasteiger partial charge on any atom is -0.489 e. The summed E-state index contributed by atoms with van der Waals surface area (Å²) in [6.07, 6.45) is 0.0407. The fraction of sp³-hybridized carbons (Fsp3) is 0.593. The second-order valence-electron chi connectivity index (χ2n) is 10.5. The van der Waals surface area contributed by atoms with Gasteiger partial charge in [0.2, 0.25) is 0 Å². The number of ether oxygens (including phenoxy) is 1. The zero-order valence-corrected chi connectivity index (χ0v) is 20.5. The van der Waals surface area contributed by atoms with E-state index in [1.54, 1.807) is 0 Å². The van der Waals surface area contributed by atoms with Crippen LogP contribution in [0.5, 0.6) is 5.75 Å². The highest BCUT2D eigenvalue weighted by atomic mass is 35.5. The van der Waals surface area contributed by atoms with Crippen LogP contribution in [0.15, 0.2) is 30.3 Å². The summed E-state index contributed by atoms with van der Waals surface area (Å²) in [7, 11) is 0. The monoisotopic (exact) mass is 509 g/mol. The molecule has 1 aliphatic carbocycles. The van der Waals surface area contributed by atoms with Gasteiger partial charge in [0.1, 0.15) is 5.75 Å². The molecule has 0 radical (unpaired) electrons. The van der Waals surface area contributed by atoms with Crippen LogP contribution in [0.2, 0.25) is 5.02 Å². The van der Waals surface area contributed by atoms with Gasteiger partial charge in [0.15, 0.2) is 0 Å². The highest BCUT2D eigenvalue weighted by Gasteiger charge is 2.45. The largest absolute Gasteiger partial charge is 0.489 e. The van der Waals surface area contributed by atoms with Crippen molar-refractivity contribution in [3.63, 3.8) is 0 Å². The van der Waals surface area contributed by atoms with E-state index in [0.717, 1.165) is 23.6 Å². The first-order valence-electron chi connectivity index (χ1n) is 12.6. The van der Waals surface area contributed by atoms with Crippen molar-refractivity contribution in [1.29, 1.82) is 0 Å². The summed E-state index contributed by atoms with van der Waals surface area (Å²) in [5.74, 6) is -1.64. The number of rotatable bonds is 5. The molecule has 2 aromatic rings. The van der Waals surface area contributed by atoms with Crippen LogP contribution in [0.3, 0.4) is 0 Å². The predicted octanol–water partition coefficient (Wildman–Crippen LogP) is 7.38. The van der Waals surface area contributed by atoms with Crippen LogP contribution in [0.1, 0.15) is 69.9 Å². The van der Waals surface area contributed by atoms with Gasteiger partial charge < -0.3 is 9.84 Å². The highest BCUT2D eigenvalue weighted by Crippen LogP contribution is 2.45. The van der Waals surface area contributed by atoms with Gasteiger partial charge in [-0.3, -0.25) is 9.69 Å². The number of piperidine rings is 1. The van der Waals surface area contributed by atoms with Gasteiger partial charge in [-0.25, -0.2) is 0 Å². The van der Waals surface area contributed by atoms with Gasteiger partial charge in [-0.2, -0.15) is 13.2 Å². The summed E-state index contributed by atoms with van der Waals surface area (Å²) >= 11 is 6.67. The van der Waals surface area contributed by atoms with Gasteiger partial charge in [0, 0.05) is 23.5 Å². The topological polar surface area (TPSA) is 49.8 Å². The summed E-state index contributed by atoms with van der Waals surface area (Å²) in [5, 5.41) is 11.8. The van der Waals surface area contributed by atoms with E-state index in [-0.39, 0.29) is 30.9 Å². The third kappa shape index (κ3) is 4.86. The lowest BCUT2D eigenvalue weighted by Gasteiger charge is -2.41. The molecule has 3 unspecified atom stereocenters. The van der Waals surface area contributed by atoms with E-state index in [4.69, 9.17) is 16.3 Å². The predicted molar refractivity (Wildman–Crippen MR) is 129 cm³/mol. The van der Waals surface area contributed by atoms with Crippen LogP contribution in [0.4, 0.5) is 13.2 Å². The first-order valence-corrected chi connectivity index (χ1v) is 13.0. The van der Waals surface area contributed by atoms with Crippen molar-refractivity contribution in [3.8, 4) is 5.75 Å². The molecular weight excluding hydrogens is 479 g/mol. The molecule has 1 saturated carbocycles. The Morgan fingerprint density at radius 3 is 2.31 bits per heavy atom. The fourth-order valence-electron chi connectivity index (χ4n) is 6.55. The summed E-state index contributed by atoms with van der Waals surface area (Å²) in [6, 6.07) is 10.7. The number of halogens is 4. The number of benzene rings is 2. The number of aliphatic carboxylic acids is 1. The Bertz CT molecular complexity index is 1090. The van der Waals surface area contributed by atoms with Gasteiger partial charge in [0.25, 0.3) is 0 Å². The zero-order valence-electron chi connectivity index (χ0n) is 19.7. The Morgan fingerprint density at radius 1 is 1.06 bits per heavy atom. The summed E-state index contributed by atoms with van der Waals surface area (Å²) in [6.45, 7) is 2.18. The molecule has 0 amide bonds. The standard InChI is InChI=1S/C27H31ClF3NO3/c1-15(32-20-6-7-21(32)14-18(13-20)26(33)34)16-2-10-23-17(12-16)3-11-24(25(23)28)35-22-8-4-19(5-9-22)27(29,30)31/h2-3,10-12,15,18-22H,4-9,13-14H2,1H3,(H,33,34)/t15?,18?,19-,20?,21?,22+. The van der Waals surface area contributed by atoms with E-state index in [1.807, 2.05) is 18.2 Å². The molecule has 2 aromatic carbocycles. The molecular formula is C27H31ClF3NO3. The quantitative estimate of drug-likeness (QED) is 0.456. The maximum Gasteiger partial charge on any atom is 0.391 e. The molecule has 2 saturated heterocycles. The number of carboxylic acid groups (broad SMARTS) is 1. The molecule has 2 aliphatic heterocycles. The Kier molecular flexibility index (Phi) is 6.68. The highest BCUT2D eigenvalue weighted by molar-refractivity contribution is 6.37. The summed E-state index contributed by atoms with van der Waals surface area (Å²) in [4.78, 5) is 14.0. The van der Waals surface area contributed by atoms with E-state index in [2.05, 4.69) is 24.0 Å². The first kappa shape index (κ1) is 24.7. The molecule has 4 nitrogen and oxygen atoms in total. The van der Waals surface area contributed by atoms with Crippen LogP contribution in [-0.4, -0.2) is 40.3 Å². The van der Waals surface area contributed by atoms with E-state index in [0.29, 0.717) is 48.5 Å². The molecule has 3 fully saturated rings. The maximum absolute atomic E-state index is 12.9. The summed E-state index contributed by atoms with van der Waals surface area (Å²) < 4.78 is 44.9. The smallest absolute Gasteiger partial charge is 0.391 e. The molecule has 2 heterocycles. The van der Waals surface area contributed by atoms with E-state index in [1.165, 1.54) is 5.56 Å². The van der Waals surface area contributed by atoms with E-state index < -0.39 is 18.1 Å². The Labute approximate surface area is 208 Å². The first-order chi connectivity index (χ1) is 16.6. The van der Waals surface area contributed by atoms with Crippen LogP contribution in [0.25, 0.3) is 10.8 Å². The van der Waals surface area contributed by atoms with E-state index >= 15 is 0 Å². The van der Waals surface area contributed by atoms with Crippen molar-refractivity contribution >= 4 is 28.3 Å². The second kappa shape index (κ2) is 9.47. The maximum atomic E-state index is 12.9. The van der Waals surface area contributed by atoms with Crippen molar-refractivity contribution in [2.75, 3.05) is 0 Å². The normalized spacial score (nSPS) is 30.4. The van der Waals surface area contributed by atoms with Crippen molar-refractivity contribution < 1.29 is 27.8 Å². The third-order valence-corrected chi connectivity index (χ3v) is 8.83. The molecule has 0 aromatic heterocycles. The average molecular weight is 510 g/mol. The van der Waals surface area contributed by atoms with Gasteiger partial charge in [-0.05, 0) is 81.4 Å². The fourth-order valence-corrected chi connectivity index (χ4v) is 6.83. The lowest BCUT2D eigenvalue weighted by atomic mass is 9.87. The molecule has 35 heavy (non-hydrogen) atoms. The Morgan fingerprint density at radius 2 is 1.71 bits per heavy atom. The van der Waals surface area contributed by atoms with Crippen LogP contribution < -0.4 is 4.74 Å². The molecule has 1 N–H and O–H groups in total. The minimum absolute atomic E-state index is 0.0896. The molecule has 8 heteroatoms. The number of carboxylic acids is 1. The molecule has 3 aliphatic rings. The number of nitrogens with zero attached hydrogens (tertiary/aromatic N) is 1.